The van der Waals surface area contributed by atoms with Gasteiger partial charge in [0.2, 0.25) is 0 Å². The van der Waals surface area contributed by atoms with Gasteiger partial charge in [0.25, 0.3) is 0 Å². The van der Waals surface area contributed by atoms with E-state index in [1.54, 1.807) is 18.2 Å². The Hall–Kier alpha value is -1.16. The third-order valence-corrected chi connectivity index (χ3v) is 1.67. The predicted octanol–water partition coefficient (Wildman–Crippen LogP) is 3.84. The number of allylic oxidation sites excluding steroid dienone is 1. The third-order valence-electron chi connectivity index (χ3n) is 1.49. The molecule has 0 aliphatic heterocycles. The molecule has 1 nitrogen and oxygen atoms in total. The molecule has 15 heavy (non-hydrogen) atoms. The molecule has 0 saturated carbocycles. The summed E-state index contributed by atoms with van der Waals surface area (Å²) in [5.74, 6) is 0.0730. The minimum absolute atomic E-state index is 0.237. The molecule has 0 bridgehead atoms. The van der Waals surface area contributed by atoms with Crippen LogP contribution in [0, 0.1) is 0 Å². The highest BCUT2D eigenvalue weighted by atomic mass is 35.5. The van der Waals surface area contributed by atoms with Gasteiger partial charge in [0, 0.05) is 5.88 Å². The summed E-state index contributed by atoms with van der Waals surface area (Å²) in [6.45, 7) is 0. The van der Waals surface area contributed by atoms with Crippen LogP contribution in [0.1, 0.15) is 5.56 Å². The molecule has 1 aromatic rings. The molecule has 0 unspecified atom stereocenters. The lowest BCUT2D eigenvalue weighted by Crippen LogP contribution is -2.17. The molecule has 0 aliphatic rings. The second-order valence-corrected chi connectivity index (χ2v) is 2.99. The highest BCUT2D eigenvalue weighted by Crippen LogP contribution is 2.23. The summed E-state index contributed by atoms with van der Waals surface area (Å²) in [6.07, 6.45) is -1.40. The van der Waals surface area contributed by atoms with Crippen molar-refractivity contribution in [3.63, 3.8) is 0 Å². The number of benzene rings is 1. The largest absolute Gasteiger partial charge is 0.573 e. The fourth-order valence-corrected chi connectivity index (χ4v) is 1.09. The monoisotopic (exact) mass is 236 g/mol. The van der Waals surface area contributed by atoms with Crippen LogP contribution in [0.2, 0.25) is 0 Å². The van der Waals surface area contributed by atoms with E-state index in [0.29, 0.717) is 11.4 Å². The van der Waals surface area contributed by atoms with Crippen LogP contribution < -0.4 is 4.74 Å². The average molecular weight is 237 g/mol. The molecular formula is C10H8ClF3O. The first-order valence-electron chi connectivity index (χ1n) is 4.09. The number of ether oxygens (including phenoxy) is 1. The van der Waals surface area contributed by atoms with Crippen molar-refractivity contribution in [1.82, 2.24) is 0 Å². The summed E-state index contributed by atoms with van der Waals surface area (Å²) in [4.78, 5) is 0. The first-order valence-corrected chi connectivity index (χ1v) is 4.63. The van der Waals surface area contributed by atoms with Gasteiger partial charge in [-0.1, -0.05) is 24.3 Å². The molecule has 82 valence electrons. The maximum atomic E-state index is 11.9. The Balaban J connectivity index is 2.79. The summed E-state index contributed by atoms with van der Waals surface area (Å²) in [7, 11) is 0. The van der Waals surface area contributed by atoms with E-state index in [1.165, 1.54) is 18.2 Å². The molecule has 0 atom stereocenters. The van der Waals surface area contributed by atoms with Crippen LogP contribution >= 0.6 is 11.6 Å². The Morgan fingerprint density at radius 3 is 2.67 bits per heavy atom. The first-order chi connectivity index (χ1) is 7.01. The number of rotatable bonds is 3. The molecular weight excluding hydrogens is 229 g/mol. The number of hydrogen-bond donors (Lipinski definition) is 0. The molecule has 0 aromatic heterocycles. The van der Waals surface area contributed by atoms with Crippen LogP contribution in [-0.2, 0) is 0 Å². The Morgan fingerprint density at radius 1 is 1.33 bits per heavy atom. The van der Waals surface area contributed by atoms with Gasteiger partial charge in [0.1, 0.15) is 5.75 Å². The van der Waals surface area contributed by atoms with Gasteiger partial charge < -0.3 is 4.74 Å². The fourth-order valence-electron chi connectivity index (χ4n) is 0.996. The Bertz CT molecular complexity index is 347. The first kappa shape index (κ1) is 11.9. The van der Waals surface area contributed by atoms with Crippen LogP contribution in [0.4, 0.5) is 13.2 Å². The highest BCUT2D eigenvalue weighted by Gasteiger charge is 2.30. The van der Waals surface area contributed by atoms with Crippen molar-refractivity contribution < 1.29 is 17.9 Å². The maximum Gasteiger partial charge on any atom is 0.573 e. The van der Waals surface area contributed by atoms with Gasteiger partial charge in [-0.3, -0.25) is 0 Å². The topological polar surface area (TPSA) is 9.23 Å². The lowest BCUT2D eigenvalue weighted by molar-refractivity contribution is -0.274. The maximum absolute atomic E-state index is 11.9. The predicted molar refractivity (Wildman–Crippen MR) is 52.9 cm³/mol. The molecule has 0 aliphatic carbocycles. The van der Waals surface area contributed by atoms with Gasteiger partial charge in [-0.05, 0) is 17.7 Å². The Labute approximate surface area is 90.1 Å². The summed E-state index contributed by atoms with van der Waals surface area (Å²) >= 11 is 5.40. The molecule has 0 saturated heterocycles. The smallest absolute Gasteiger partial charge is 0.406 e. The van der Waals surface area contributed by atoms with E-state index in [1.807, 2.05) is 0 Å². The molecule has 0 N–H and O–H groups in total. The zero-order chi connectivity index (χ0) is 11.3. The summed E-state index contributed by atoms with van der Waals surface area (Å²) in [6, 6.07) is 5.67. The van der Waals surface area contributed by atoms with Gasteiger partial charge in [0.05, 0.1) is 0 Å². The van der Waals surface area contributed by atoms with E-state index >= 15 is 0 Å². The van der Waals surface area contributed by atoms with Gasteiger partial charge in [-0.25, -0.2) is 0 Å². The van der Waals surface area contributed by atoms with Gasteiger partial charge in [-0.2, -0.15) is 0 Å². The molecule has 1 rings (SSSR count). The van der Waals surface area contributed by atoms with Crippen LogP contribution in [0.5, 0.6) is 5.75 Å². The number of alkyl halides is 4. The van der Waals surface area contributed by atoms with Crippen LogP contribution in [-0.4, -0.2) is 12.2 Å². The van der Waals surface area contributed by atoms with E-state index < -0.39 is 6.36 Å². The second kappa shape index (κ2) is 5.07. The quantitative estimate of drug-likeness (QED) is 0.725. The second-order valence-electron chi connectivity index (χ2n) is 2.68. The highest BCUT2D eigenvalue weighted by molar-refractivity contribution is 6.19. The SMILES string of the molecule is FC(F)(F)Oc1cccc(/C=C/CCl)c1. The van der Waals surface area contributed by atoms with E-state index in [9.17, 15) is 13.2 Å². The standard InChI is InChI=1S/C10H8ClF3O/c11-6-2-4-8-3-1-5-9(7-8)15-10(12,13)14/h1-5,7H,6H2/b4-2+. The Kier molecular flexibility index (Phi) is 4.03. The molecule has 0 heterocycles. The van der Waals surface area contributed by atoms with Gasteiger partial charge in [-0.15, -0.1) is 24.8 Å². The van der Waals surface area contributed by atoms with E-state index in [4.69, 9.17) is 11.6 Å². The van der Waals surface area contributed by atoms with Crippen molar-refractivity contribution in [2.75, 3.05) is 5.88 Å². The molecule has 5 heteroatoms. The molecule has 1 aromatic carbocycles. The molecule has 0 radical (unpaired) electrons. The van der Waals surface area contributed by atoms with Crippen molar-refractivity contribution >= 4 is 17.7 Å². The zero-order valence-corrected chi connectivity index (χ0v) is 8.35. The van der Waals surface area contributed by atoms with Crippen molar-refractivity contribution in [1.29, 1.82) is 0 Å². The fraction of sp³-hybridized carbons (Fsp3) is 0.200. The summed E-state index contributed by atoms with van der Waals surface area (Å²) < 4.78 is 39.3. The average Bonchev–Trinajstić information content (AvgIpc) is 2.12. The van der Waals surface area contributed by atoms with Crippen molar-refractivity contribution in [2.24, 2.45) is 0 Å². The minimum atomic E-state index is -4.66. The lowest BCUT2D eigenvalue weighted by Gasteiger charge is -2.08. The van der Waals surface area contributed by atoms with Gasteiger partial charge >= 0.3 is 6.36 Å². The van der Waals surface area contributed by atoms with Crippen LogP contribution in [0.25, 0.3) is 6.08 Å². The minimum Gasteiger partial charge on any atom is -0.406 e. The van der Waals surface area contributed by atoms with Crippen molar-refractivity contribution in [2.45, 2.75) is 6.36 Å². The van der Waals surface area contributed by atoms with Crippen LogP contribution in [0.3, 0.4) is 0 Å². The molecule has 0 amide bonds. The summed E-state index contributed by atoms with van der Waals surface area (Å²) in [5, 5.41) is 0. The number of halogens is 4. The van der Waals surface area contributed by atoms with Crippen LogP contribution in [0.15, 0.2) is 30.3 Å². The Morgan fingerprint density at radius 2 is 2.07 bits per heavy atom. The lowest BCUT2D eigenvalue weighted by atomic mass is 10.2. The van der Waals surface area contributed by atoms with Crippen molar-refractivity contribution in [3.8, 4) is 5.75 Å². The molecule has 0 spiro atoms. The number of hydrogen-bond acceptors (Lipinski definition) is 1. The van der Waals surface area contributed by atoms with E-state index in [0.717, 1.165) is 0 Å². The van der Waals surface area contributed by atoms with E-state index in [-0.39, 0.29) is 5.75 Å². The van der Waals surface area contributed by atoms with E-state index in [2.05, 4.69) is 4.74 Å². The normalized spacial score (nSPS) is 12.0. The summed E-state index contributed by atoms with van der Waals surface area (Å²) in [5.41, 5.74) is 0.609. The van der Waals surface area contributed by atoms with Crippen molar-refractivity contribution in [3.05, 3.63) is 35.9 Å². The zero-order valence-electron chi connectivity index (χ0n) is 7.59. The molecule has 0 fully saturated rings. The van der Waals surface area contributed by atoms with Gasteiger partial charge in [0.15, 0.2) is 0 Å². The third kappa shape index (κ3) is 4.74.